The molecule has 0 saturated carbocycles. The fourth-order valence-corrected chi connectivity index (χ4v) is 3.18. The number of para-hydroxylation sites is 1. The Bertz CT molecular complexity index is 904. The fraction of sp³-hybridized carbons (Fsp3) is 0.273. The van der Waals surface area contributed by atoms with Gasteiger partial charge in [0.05, 0.1) is 23.1 Å². The van der Waals surface area contributed by atoms with Crippen LogP contribution in [0.5, 0.6) is 0 Å². The summed E-state index contributed by atoms with van der Waals surface area (Å²) >= 11 is 5.98. The van der Waals surface area contributed by atoms with Crippen LogP contribution >= 0.6 is 11.6 Å². The zero-order valence-corrected chi connectivity index (χ0v) is 16.9. The molecule has 28 heavy (non-hydrogen) atoms. The number of nitrogens with one attached hydrogen (secondary N) is 2. The van der Waals surface area contributed by atoms with Gasteiger partial charge >= 0.3 is 0 Å². The van der Waals surface area contributed by atoms with Crippen molar-refractivity contribution in [2.75, 3.05) is 18.4 Å². The van der Waals surface area contributed by atoms with Gasteiger partial charge in [0.1, 0.15) is 0 Å². The summed E-state index contributed by atoms with van der Waals surface area (Å²) in [5.74, 6) is 0.0577. The Labute approximate surface area is 170 Å². The monoisotopic (exact) mass is 396 g/mol. The summed E-state index contributed by atoms with van der Waals surface area (Å²) in [7, 11) is 0. The van der Waals surface area contributed by atoms with Crippen molar-refractivity contribution in [3.05, 3.63) is 77.1 Å². The lowest BCUT2D eigenvalue weighted by Crippen LogP contribution is -2.26. The first kappa shape index (κ1) is 20.0. The number of benzene rings is 2. The van der Waals surface area contributed by atoms with Crippen LogP contribution < -0.4 is 10.6 Å². The highest BCUT2D eigenvalue weighted by Crippen LogP contribution is 2.24. The molecule has 3 aromatic rings. The van der Waals surface area contributed by atoms with Crippen LogP contribution in [0.3, 0.4) is 0 Å². The van der Waals surface area contributed by atoms with Crippen LogP contribution in [0.4, 0.5) is 5.69 Å². The number of anilines is 1. The molecule has 6 heteroatoms. The molecule has 1 aromatic heterocycles. The lowest BCUT2D eigenvalue weighted by atomic mass is 10.0. The van der Waals surface area contributed by atoms with E-state index in [2.05, 4.69) is 29.6 Å². The fourth-order valence-electron chi connectivity index (χ4n) is 3.05. The number of aromatic nitrogens is 2. The number of nitrogens with zero attached hydrogens (tertiary/aromatic N) is 2. The molecule has 0 aliphatic carbocycles. The second kappa shape index (κ2) is 9.42. The van der Waals surface area contributed by atoms with E-state index < -0.39 is 0 Å². The summed E-state index contributed by atoms with van der Waals surface area (Å²) in [4.78, 5) is 12.7. The normalized spacial score (nSPS) is 10.9. The van der Waals surface area contributed by atoms with Gasteiger partial charge in [-0.15, -0.1) is 0 Å². The van der Waals surface area contributed by atoms with Crippen LogP contribution in [0, 0.1) is 0 Å². The second-order valence-corrected chi connectivity index (χ2v) is 7.33. The molecule has 0 fully saturated rings. The number of halogens is 1. The van der Waals surface area contributed by atoms with E-state index in [0.29, 0.717) is 17.1 Å². The van der Waals surface area contributed by atoms with Gasteiger partial charge in [-0.1, -0.05) is 43.6 Å². The highest BCUT2D eigenvalue weighted by atomic mass is 35.5. The molecule has 0 spiro atoms. The van der Waals surface area contributed by atoms with Gasteiger partial charge in [0, 0.05) is 23.8 Å². The number of hydrogen-bond donors (Lipinski definition) is 2. The maximum atomic E-state index is 12.7. The molecule has 0 aliphatic rings. The summed E-state index contributed by atoms with van der Waals surface area (Å²) in [6, 6.07) is 17.5. The average Bonchev–Trinajstić information content (AvgIpc) is 3.14. The van der Waals surface area contributed by atoms with Crippen molar-refractivity contribution in [3.63, 3.8) is 0 Å². The highest BCUT2D eigenvalue weighted by Gasteiger charge is 2.20. The van der Waals surface area contributed by atoms with Gasteiger partial charge in [-0.05, 0) is 48.7 Å². The van der Waals surface area contributed by atoms with E-state index in [1.807, 2.05) is 59.3 Å². The number of hydrogen-bond acceptors (Lipinski definition) is 3. The van der Waals surface area contributed by atoms with E-state index in [0.717, 1.165) is 30.0 Å². The van der Waals surface area contributed by atoms with Crippen molar-refractivity contribution in [2.45, 2.75) is 26.2 Å². The molecule has 3 rings (SSSR count). The molecule has 2 N–H and O–H groups in total. The Morgan fingerprint density at radius 3 is 2.46 bits per heavy atom. The minimum atomic E-state index is -0.0939. The van der Waals surface area contributed by atoms with Crippen molar-refractivity contribution in [3.8, 4) is 5.69 Å². The average molecular weight is 397 g/mol. The Balaban J connectivity index is 1.61. The van der Waals surface area contributed by atoms with Crippen molar-refractivity contribution in [1.29, 1.82) is 0 Å². The molecule has 1 heterocycles. The molecule has 0 aliphatic heterocycles. The van der Waals surface area contributed by atoms with Crippen LogP contribution in [-0.2, 0) is 0 Å². The molecule has 0 saturated heterocycles. The zero-order chi connectivity index (χ0) is 19.9. The third-order valence-corrected chi connectivity index (χ3v) is 4.66. The summed E-state index contributed by atoms with van der Waals surface area (Å²) in [5.41, 5.74) is 3.47. The Morgan fingerprint density at radius 1 is 1.07 bits per heavy atom. The van der Waals surface area contributed by atoms with Crippen molar-refractivity contribution >= 4 is 23.2 Å². The van der Waals surface area contributed by atoms with Gasteiger partial charge in [0.25, 0.3) is 5.91 Å². The van der Waals surface area contributed by atoms with E-state index >= 15 is 0 Å². The zero-order valence-electron chi connectivity index (χ0n) is 16.2. The lowest BCUT2D eigenvalue weighted by Gasteiger charge is -2.13. The van der Waals surface area contributed by atoms with Crippen LogP contribution in [0.1, 0.15) is 42.2 Å². The SMILES string of the molecule is CC(C)c1c(C(=O)NCCCNc2ccccc2)cnn1-c1ccc(Cl)cc1. The third kappa shape index (κ3) is 4.93. The van der Waals surface area contributed by atoms with Gasteiger partial charge in [-0.25, -0.2) is 4.68 Å². The number of rotatable bonds is 8. The molecule has 0 bridgehead atoms. The molecule has 0 atom stereocenters. The molecular formula is C22H25ClN4O. The highest BCUT2D eigenvalue weighted by molar-refractivity contribution is 6.30. The largest absolute Gasteiger partial charge is 0.385 e. The van der Waals surface area contributed by atoms with Gasteiger partial charge in [0.2, 0.25) is 0 Å². The third-order valence-electron chi connectivity index (χ3n) is 4.41. The Kier molecular flexibility index (Phi) is 6.71. The number of amides is 1. The number of carbonyl (C=O) groups excluding carboxylic acids is 1. The molecule has 5 nitrogen and oxygen atoms in total. The van der Waals surface area contributed by atoms with E-state index in [1.165, 1.54) is 0 Å². The maximum Gasteiger partial charge on any atom is 0.254 e. The van der Waals surface area contributed by atoms with Crippen molar-refractivity contribution < 1.29 is 4.79 Å². The number of carbonyl (C=O) groups is 1. The predicted octanol–water partition coefficient (Wildman–Crippen LogP) is 4.88. The molecule has 2 aromatic carbocycles. The summed E-state index contributed by atoms with van der Waals surface area (Å²) in [6.07, 6.45) is 2.48. The Morgan fingerprint density at radius 2 is 1.79 bits per heavy atom. The first-order valence-electron chi connectivity index (χ1n) is 9.47. The topological polar surface area (TPSA) is 59.0 Å². The first-order chi connectivity index (χ1) is 13.6. The van der Waals surface area contributed by atoms with Gasteiger partial charge in [-0.3, -0.25) is 4.79 Å². The van der Waals surface area contributed by atoms with Gasteiger partial charge < -0.3 is 10.6 Å². The van der Waals surface area contributed by atoms with E-state index in [4.69, 9.17) is 11.6 Å². The Hall–Kier alpha value is -2.79. The molecule has 1 amide bonds. The smallest absolute Gasteiger partial charge is 0.254 e. The lowest BCUT2D eigenvalue weighted by molar-refractivity contribution is 0.0952. The van der Waals surface area contributed by atoms with Crippen LogP contribution in [0.15, 0.2) is 60.8 Å². The van der Waals surface area contributed by atoms with Crippen molar-refractivity contribution in [1.82, 2.24) is 15.1 Å². The standard InChI is InChI=1S/C22H25ClN4O/c1-16(2)21-20(15-26-27(21)19-11-9-17(23)10-12-19)22(28)25-14-6-13-24-18-7-4-3-5-8-18/h3-5,7-12,15-16,24H,6,13-14H2,1-2H3,(H,25,28). The molecule has 0 unspecified atom stereocenters. The summed E-state index contributed by atoms with van der Waals surface area (Å²) in [5, 5.41) is 11.5. The maximum absolute atomic E-state index is 12.7. The minimum absolute atomic E-state index is 0.0939. The van der Waals surface area contributed by atoms with Crippen LogP contribution in [0.2, 0.25) is 5.02 Å². The second-order valence-electron chi connectivity index (χ2n) is 6.89. The summed E-state index contributed by atoms with van der Waals surface area (Å²) in [6.45, 7) is 5.52. The quantitative estimate of drug-likeness (QED) is 0.533. The minimum Gasteiger partial charge on any atom is -0.385 e. The van der Waals surface area contributed by atoms with Gasteiger partial charge in [-0.2, -0.15) is 5.10 Å². The molecule has 0 radical (unpaired) electrons. The van der Waals surface area contributed by atoms with E-state index in [9.17, 15) is 4.79 Å². The first-order valence-corrected chi connectivity index (χ1v) is 9.85. The predicted molar refractivity (Wildman–Crippen MR) is 115 cm³/mol. The van der Waals surface area contributed by atoms with Crippen LogP contribution in [0.25, 0.3) is 5.69 Å². The van der Waals surface area contributed by atoms with Crippen LogP contribution in [-0.4, -0.2) is 28.8 Å². The summed E-state index contributed by atoms with van der Waals surface area (Å²) < 4.78 is 1.81. The molecular weight excluding hydrogens is 372 g/mol. The van der Waals surface area contributed by atoms with E-state index in [-0.39, 0.29) is 11.8 Å². The molecule has 146 valence electrons. The van der Waals surface area contributed by atoms with Crippen molar-refractivity contribution in [2.24, 2.45) is 0 Å². The van der Waals surface area contributed by atoms with Gasteiger partial charge in [0.15, 0.2) is 0 Å². The van der Waals surface area contributed by atoms with E-state index in [1.54, 1.807) is 6.20 Å².